The Morgan fingerprint density at radius 1 is 1.42 bits per heavy atom. The predicted octanol–water partition coefficient (Wildman–Crippen LogP) is 3.28. The quantitative estimate of drug-likeness (QED) is 0.896. The number of aryl methyl sites for hydroxylation is 1. The van der Waals surface area contributed by atoms with E-state index in [4.69, 9.17) is 4.42 Å². The van der Waals surface area contributed by atoms with Gasteiger partial charge in [0, 0.05) is 29.4 Å². The van der Waals surface area contributed by atoms with E-state index in [2.05, 4.69) is 37.4 Å². The molecule has 3 rings (SSSR count). The molecule has 0 unspecified atom stereocenters. The van der Waals surface area contributed by atoms with E-state index >= 15 is 0 Å². The van der Waals surface area contributed by atoms with E-state index in [0.717, 1.165) is 23.6 Å². The highest BCUT2D eigenvalue weighted by atomic mass is 16.3. The van der Waals surface area contributed by atoms with Crippen LogP contribution in [0.2, 0.25) is 0 Å². The Kier molecular flexibility index (Phi) is 3.19. The molecule has 1 saturated carbocycles. The zero-order valence-corrected chi connectivity index (χ0v) is 11.8. The first-order valence-electron chi connectivity index (χ1n) is 7.01. The minimum Gasteiger partial charge on any atom is -0.467 e. The molecule has 0 aromatic carbocycles. The van der Waals surface area contributed by atoms with Gasteiger partial charge in [0.2, 0.25) is 0 Å². The van der Waals surface area contributed by atoms with E-state index in [9.17, 15) is 0 Å². The Morgan fingerprint density at radius 2 is 2.21 bits per heavy atom. The summed E-state index contributed by atoms with van der Waals surface area (Å²) < 4.78 is 7.63. The molecule has 19 heavy (non-hydrogen) atoms. The van der Waals surface area contributed by atoms with Gasteiger partial charge in [-0.25, -0.2) is 0 Å². The highest BCUT2D eigenvalue weighted by molar-refractivity contribution is 5.67. The predicted molar refractivity (Wildman–Crippen MR) is 74.9 cm³/mol. The third-order valence-electron chi connectivity index (χ3n) is 3.61. The van der Waals surface area contributed by atoms with Crippen LogP contribution in [0.3, 0.4) is 0 Å². The van der Waals surface area contributed by atoms with Gasteiger partial charge < -0.3 is 9.73 Å². The summed E-state index contributed by atoms with van der Waals surface area (Å²) in [4.78, 5) is 0. The fraction of sp³-hybridized carbons (Fsp3) is 0.533. The van der Waals surface area contributed by atoms with Crippen molar-refractivity contribution in [2.45, 2.75) is 52.2 Å². The van der Waals surface area contributed by atoms with Crippen molar-refractivity contribution in [3.05, 3.63) is 30.0 Å². The van der Waals surface area contributed by atoms with Crippen LogP contribution in [0, 0.1) is 6.92 Å². The highest BCUT2D eigenvalue weighted by Gasteiger charge is 2.22. The van der Waals surface area contributed by atoms with Crippen LogP contribution in [-0.2, 0) is 6.54 Å². The standard InChI is InChI=1S/C15H21N3O/c1-10(2)18-9-14(11(3)17-18)13-6-7-19-15(13)8-16-12-4-5-12/h6-7,9-10,12,16H,4-5,8H2,1-3H3. The topological polar surface area (TPSA) is 43.0 Å². The number of furan rings is 1. The van der Waals surface area contributed by atoms with Gasteiger partial charge in [0.1, 0.15) is 5.76 Å². The Labute approximate surface area is 113 Å². The Bertz CT molecular complexity index is 564. The minimum absolute atomic E-state index is 0.382. The molecule has 2 aromatic rings. The summed E-state index contributed by atoms with van der Waals surface area (Å²) in [5.41, 5.74) is 3.40. The number of rotatable bonds is 5. The molecular weight excluding hydrogens is 238 g/mol. The first kappa shape index (κ1) is 12.5. The molecule has 0 amide bonds. The lowest BCUT2D eigenvalue weighted by Crippen LogP contribution is -2.15. The molecule has 102 valence electrons. The van der Waals surface area contributed by atoms with Gasteiger partial charge >= 0.3 is 0 Å². The number of hydrogen-bond acceptors (Lipinski definition) is 3. The summed E-state index contributed by atoms with van der Waals surface area (Å²) in [6, 6.07) is 3.11. The summed E-state index contributed by atoms with van der Waals surface area (Å²) in [6.45, 7) is 7.14. The molecule has 2 heterocycles. The van der Waals surface area contributed by atoms with Gasteiger partial charge in [-0.2, -0.15) is 5.10 Å². The number of nitrogens with zero attached hydrogens (tertiary/aromatic N) is 2. The van der Waals surface area contributed by atoms with E-state index < -0.39 is 0 Å². The molecule has 0 bridgehead atoms. The molecular formula is C15H21N3O. The van der Waals surface area contributed by atoms with Gasteiger partial charge in [-0.3, -0.25) is 4.68 Å². The summed E-state index contributed by atoms with van der Waals surface area (Å²) in [7, 11) is 0. The van der Waals surface area contributed by atoms with Crippen molar-refractivity contribution in [3.63, 3.8) is 0 Å². The van der Waals surface area contributed by atoms with Crippen LogP contribution in [-0.4, -0.2) is 15.8 Å². The molecule has 1 N–H and O–H groups in total. The van der Waals surface area contributed by atoms with Gasteiger partial charge in [0.25, 0.3) is 0 Å². The van der Waals surface area contributed by atoms with Crippen molar-refractivity contribution in [3.8, 4) is 11.1 Å². The smallest absolute Gasteiger partial charge is 0.125 e. The summed E-state index contributed by atoms with van der Waals surface area (Å²) in [5.74, 6) is 1.01. The van der Waals surface area contributed by atoms with Gasteiger partial charge in [-0.1, -0.05) is 0 Å². The van der Waals surface area contributed by atoms with Crippen molar-refractivity contribution >= 4 is 0 Å². The maximum Gasteiger partial charge on any atom is 0.125 e. The lowest BCUT2D eigenvalue weighted by molar-refractivity contribution is 0.483. The lowest BCUT2D eigenvalue weighted by atomic mass is 10.1. The molecule has 0 atom stereocenters. The zero-order chi connectivity index (χ0) is 13.4. The van der Waals surface area contributed by atoms with E-state index in [1.165, 1.54) is 18.4 Å². The average Bonchev–Trinajstić information content (AvgIpc) is 2.94. The van der Waals surface area contributed by atoms with Gasteiger partial charge in [0.05, 0.1) is 18.5 Å². The fourth-order valence-corrected chi connectivity index (χ4v) is 2.25. The monoisotopic (exact) mass is 259 g/mol. The molecule has 2 aromatic heterocycles. The molecule has 1 aliphatic carbocycles. The maximum atomic E-state index is 5.62. The molecule has 4 heteroatoms. The van der Waals surface area contributed by atoms with Crippen LogP contribution < -0.4 is 5.32 Å². The second kappa shape index (κ2) is 4.85. The van der Waals surface area contributed by atoms with Crippen molar-refractivity contribution in [2.75, 3.05) is 0 Å². The molecule has 1 aliphatic rings. The molecule has 0 radical (unpaired) electrons. The maximum absolute atomic E-state index is 5.62. The van der Waals surface area contributed by atoms with Gasteiger partial charge in [-0.05, 0) is 39.7 Å². The van der Waals surface area contributed by atoms with Crippen LogP contribution in [0.1, 0.15) is 44.2 Å². The average molecular weight is 259 g/mol. The van der Waals surface area contributed by atoms with Crippen molar-refractivity contribution < 1.29 is 4.42 Å². The molecule has 1 fully saturated rings. The van der Waals surface area contributed by atoms with Gasteiger partial charge in [0.15, 0.2) is 0 Å². The molecule has 0 saturated heterocycles. The van der Waals surface area contributed by atoms with Crippen molar-refractivity contribution in [1.82, 2.24) is 15.1 Å². The van der Waals surface area contributed by atoms with Crippen LogP contribution in [0.25, 0.3) is 11.1 Å². The zero-order valence-electron chi connectivity index (χ0n) is 11.8. The summed E-state index contributed by atoms with van der Waals surface area (Å²) in [6.07, 6.45) is 6.47. The molecule has 0 aliphatic heterocycles. The lowest BCUT2D eigenvalue weighted by Gasteiger charge is -2.04. The minimum atomic E-state index is 0.382. The van der Waals surface area contributed by atoms with Gasteiger partial charge in [-0.15, -0.1) is 0 Å². The Morgan fingerprint density at radius 3 is 2.84 bits per heavy atom. The second-order valence-corrected chi connectivity index (χ2v) is 5.61. The number of aromatic nitrogens is 2. The van der Waals surface area contributed by atoms with E-state index in [0.29, 0.717) is 12.1 Å². The Hall–Kier alpha value is -1.55. The Balaban J connectivity index is 1.86. The summed E-state index contributed by atoms with van der Waals surface area (Å²) >= 11 is 0. The van der Waals surface area contributed by atoms with E-state index in [-0.39, 0.29) is 0 Å². The highest BCUT2D eigenvalue weighted by Crippen LogP contribution is 2.29. The fourth-order valence-electron chi connectivity index (χ4n) is 2.25. The van der Waals surface area contributed by atoms with Crippen LogP contribution in [0.15, 0.2) is 22.9 Å². The number of hydrogen-bond donors (Lipinski definition) is 1. The largest absolute Gasteiger partial charge is 0.467 e. The molecule has 0 spiro atoms. The first-order valence-corrected chi connectivity index (χ1v) is 7.01. The normalized spacial score (nSPS) is 15.4. The summed E-state index contributed by atoms with van der Waals surface area (Å²) in [5, 5.41) is 8.07. The first-order chi connectivity index (χ1) is 9.15. The molecule has 4 nitrogen and oxygen atoms in total. The van der Waals surface area contributed by atoms with Crippen molar-refractivity contribution in [2.24, 2.45) is 0 Å². The van der Waals surface area contributed by atoms with Crippen LogP contribution in [0.4, 0.5) is 0 Å². The third kappa shape index (κ3) is 2.59. The van der Waals surface area contributed by atoms with Crippen LogP contribution in [0.5, 0.6) is 0 Å². The van der Waals surface area contributed by atoms with Crippen molar-refractivity contribution in [1.29, 1.82) is 0 Å². The third-order valence-corrected chi connectivity index (χ3v) is 3.61. The van der Waals surface area contributed by atoms with E-state index in [1.807, 2.05) is 10.7 Å². The second-order valence-electron chi connectivity index (χ2n) is 5.61. The van der Waals surface area contributed by atoms with E-state index in [1.54, 1.807) is 6.26 Å². The number of nitrogens with one attached hydrogen (secondary N) is 1. The SMILES string of the molecule is Cc1nn(C(C)C)cc1-c1ccoc1CNC1CC1. The van der Waals surface area contributed by atoms with Crippen LogP contribution >= 0.6 is 0 Å².